The van der Waals surface area contributed by atoms with Crippen LogP contribution in [0.2, 0.25) is 0 Å². The van der Waals surface area contributed by atoms with E-state index in [2.05, 4.69) is 23.5 Å². The van der Waals surface area contributed by atoms with Crippen molar-refractivity contribution in [1.29, 1.82) is 0 Å². The van der Waals surface area contributed by atoms with Gasteiger partial charge in [-0.2, -0.15) is 0 Å². The van der Waals surface area contributed by atoms with Crippen LogP contribution in [0.5, 0.6) is 5.75 Å². The molecule has 23 heavy (non-hydrogen) atoms. The van der Waals surface area contributed by atoms with Crippen molar-refractivity contribution in [2.75, 3.05) is 0 Å². The molecule has 0 fully saturated rings. The number of aryl methyl sites for hydroxylation is 1. The number of rotatable bonds is 4. The molecule has 0 heterocycles. The van der Waals surface area contributed by atoms with Gasteiger partial charge in [-0.3, -0.25) is 4.79 Å². The topological polar surface area (TPSA) is 38.3 Å². The molecule has 2 aromatic carbocycles. The second-order valence-electron chi connectivity index (χ2n) is 6.28. The van der Waals surface area contributed by atoms with Gasteiger partial charge in [0.1, 0.15) is 5.75 Å². The van der Waals surface area contributed by atoms with Gasteiger partial charge in [-0.1, -0.05) is 36.4 Å². The first-order chi connectivity index (χ1) is 11.1. The lowest BCUT2D eigenvalue weighted by atomic mass is 9.87. The monoisotopic (exact) mass is 309 g/mol. The lowest BCUT2D eigenvalue weighted by Gasteiger charge is -2.26. The molecule has 1 unspecified atom stereocenters. The van der Waals surface area contributed by atoms with E-state index in [9.17, 15) is 4.79 Å². The molecule has 3 heteroatoms. The van der Waals surface area contributed by atoms with E-state index in [4.69, 9.17) is 4.74 Å². The zero-order chi connectivity index (χ0) is 16.2. The number of hydrogen-bond acceptors (Lipinski definition) is 2. The molecule has 1 N–H and O–H groups in total. The number of ether oxygens (including phenoxy) is 1. The molecule has 1 amide bonds. The van der Waals surface area contributed by atoms with Crippen molar-refractivity contribution in [3.05, 3.63) is 65.2 Å². The van der Waals surface area contributed by atoms with Crippen LogP contribution >= 0.6 is 0 Å². The Balaban J connectivity index is 1.81. The third-order valence-corrected chi connectivity index (χ3v) is 4.17. The molecule has 120 valence electrons. The Hall–Kier alpha value is -2.29. The Labute approximate surface area is 137 Å². The molecule has 0 saturated heterocycles. The summed E-state index contributed by atoms with van der Waals surface area (Å²) in [6.07, 6.45) is 3.22. The molecule has 1 aliphatic carbocycles. The normalized spacial score (nSPS) is 16.7. The minimum absolute atomic E-state index is 0.0411. The highest BCUT2D eigenvalue weighted by Gasteiger charge is 2.23. The summed E-state index contributed by atoms with van der Waals surface area (Å²) in [6.45, 7) is 3.93. The van der Waals surface area contributed by atoms with Gasteiger partial charge >= 0.3 is 0 Å². The summed E-state index contributed by atoms with van der Waals surface area (Å²) in [5, 5.41) is 3.19. The van der Waals surface area contributed by atoms with Crippen LogP contribution in [0, 0.1) is 0 Å². The predicted octanol–water partition coefficient (Wildman–Crippen LogP) is 4.28. The van der Waals surface area contributed by atoms with E-state index in [1.807, 2.05) is 44.2 Å². The Morgan fingerprint density at radius 3 is 2.70 bits per heavy atom. The molecule has 0 bridgehead atoms. The summed E-state index contributed by atoms with van der Waals surface area (Å²) < 4.78 is 5.76. The Kier molecular flexibility index (Phi) is 4.65. The Morgan fingerprint density at radius 2 is 1.87 bits per heavy atom. The van der Waals surface area contributed by atoms with Crippen LogP contribution in [0.25, 0.3) is 0 Å². The fourth-order valence-electron chi connectivity index (χ4n) is 3.15. The number of carbonyl (C=O) groups excluding carboxylic acids is 1. The van der Waals surface area contributed by atoms with Gasteiger partial charge in [-0.15, -0.1) is 0 Å². The average Bonchev–Trinajstić information content (AvgIpc) is 2.55. The number of hydrogen-bond donors (Lipinski definition) is 1. The molecule has 1 aliphatic rings. The van der Waals surface area contributed by atoms with Gasteiger partial charge in [0, 0.05) is 0 Å². The standard InChI is InChI=1S/C20H23NO2/c1-14(2)23-19-13-6-5-11-17(19)20(22)21-18-12-7-9-15-8-3-4-10-16(15)18/h3-6,8,10-11,13-14,18H,7,9,12H2,1-2H3,(H,21,22). The van der Waals surface area contributed by atoms with Gasteiger partial charge in [0.25, 0.3) is 5.91 Å². The van der Waals surface area contributed by atoms with Crippen LogP contribution in [-0.4, -0.2) is 12.0 Å². The largest absolute Gasteiger partial charge is 0.490 e. The van der Waals surface area contributed by atoms with E-state index in [1.54, 1.807) is 0 Å². The lowest BCUT2D eigenvalue weighted by molar-refractivity contribution is 0.0927. The van der Waals surface area contributed by atoms with Crippen LogP contribution < -0.4 is 10.1 Å². The zero-order valence-corrected chi connectivity index (χ0v) is 13.7. The van der Waals surface area contributed by atoms with Crippen LogP contribution in [0.15, 0.2) is 48.5 Å². The van der Waals surface area contributed by atoms with Crippen molar-refractivity contribution in [3.8, 4) is 5.75 Å². The molecule has 3 nitrogen and oxygen atoms in total. The van der Waals surface area contributed by atoms with Crippen molar-refractivity contribution >= 4 is 5.91 Å². The van der Waals surface area contributed by atoms with Crippen LogP contribution in [0.3, 0.4) is 0 Å². The van der Waals surface area contributed by atoms with E-state index < -0.39 is 0 Å². The molecule has 0 aliphatic heterocycles. The van der Waals surface area contributed by atoms with Gasteiger partial charge in [0.05, 0.1) is 17.7 Å². The van der Waals surface area contributed by atoms with Gasteiger partial charge < -0.3 is 10.1 Å². The maximum atomic E-state index is 12.7. The molecule has 3 rings (SSSR count). The van der Waals surface area contributed by atoms with E-state index in [1.165, 1.54) is 11.1 Å². The van der Waals surface area contributed by atoms with Crippen molar-refractivity contribution in [3.63, 3.8) is 0 Å². The van der Waals surface area contributed by atoms with E-state index in [0.717, 1.165) is 19.3 Å². The predicted molar refractivity (Wildman–Crippen MR) is 91.8 cm³/mol. The quantitative estimate of drug-likeness (QED) is 0.915. The van der Waals surface area contributed by atoms with Gasteiger partial charge in [-0.25, -0.2) is 0 Å². The van der Waals surface area contributed by atoms with Crippen molar-refractivity contribution in [2.24, 2.45) is 0 Å². The maximum Gasteiger partial charge on any atom is 0.255 e. The smallest absolute Gasteiger partial charge is 0.255 e. The number of benzene rings is 2. The van der Waals surface area contributed by atoms with Crippen molar-refractivity contribution in [1.82, 2.24) is 5.32 Å². The summed E-state index contributed by atoms with van der Waals surface area (Å²) in [5.41, 5.74) is 3.19. The highest BCUT2D eigenvalue weighted by atomic mass is 16.5. The summed E-state index contributed by atoms with van der Waals surface area (Å²) in [4.78, 5) is 12.7. The highest BCUT2D eigenvalue weighted by Crippen LogP contribution is 2.30. The lowest BCUT2D eigenvalue weighted by Crippen LogP contribution is -2.31. The van der Waals surface area contributed by atoms with Gasteiger partial charge in [-0.05, 0) is 56.4 Å². The van der Waals surface area contributed by atoms with E-state index in [-0.39, 0.29) is 18.1 Å². The number of fused-ring (bicyclic) bond motifs is 1. The second-order valence-corrected chi connectivity index (χ2v) is 6.28. The molecule has 0 aromatic heterocycles. The molecule has 0 spiro atoms. The number of amides is 1. The van der Waals surface area contributed by atoms with Crippen LogP contribution in [-0.2, 0) is 6.42 Å². The number of nitrogens with one attached hydrogen (secondary N) is 1. The SMILES string of the molecule is CC(C)Oc1ccccc1C(=O)NC1CCCc2ccccc21. The third-order valence-electron chi connectivity index (χ3n) is 4.17. The maximum absolute atomic E-state index is 12.7. The molecule has 2 aromatic rings. The fourth-order valence-corrected chi connectivity index (χ4v) is 3.15. The first kappa shape index (κ1) is 15.6. The zero-order valence-electron chi connectivity index (χ0n) is 13.7. The van der Waals surface area contributed by atoms with E-state index >= 15 is 0 Å². The van der Waals surface area contributed by atoms with Crippen molar-refractivity contribution in [2.45, 2.75) is 45.3 Å². The number of para-hydroxylation sites is 1. The summed E-state index contributed by atoms with van der Waals surface area (Å²) in [6, 6.07) is 15.9. The molecule has 0 saturated carbocycles. The minimum atomic E-state index is -0.0667. The van der Waals surface area contributed by atoms with Gasteiger partial charge in [0.2, 0.25) is 0 Å². The van der Waals surface area contributed by atoms with Crippen molar-refractivity contribution < 1.29 is 9.53 Å². The fraction of sp³-hybridized carbons (Fsp3) is 0.350. The minimum Gasteiger partial charge on any atom is -0.490 e. The first-order valence-corrected chi connectivity index (χ1v) is 8.29. The van der Waals surface area contributed by atoms with Crippen LogP contribution in [0.4, 0.5) is 0 Å². The summed E-state index contributed by atoms with van der Waals surface area (Å²) in [7, 11) is 0. The number of carbonyl (C=O) groups is 1. The molecular weight excluding hydrogens is 286 g/mol. The summed E-state index contributed by atoms with van der Waals surface area (Å²) >= 11 is 0. The molecule has 0 radical (unpaired) electrons. The first-order valence-electron chi connectivity index (χ1n) is 8.29. The third kappa shape index (κ3) is 3.55. The molecule has 1 atom stereocenters. The van der Waals surface area contributed by atoms with E-state index in [0.29, 0.717) is 11.3 Å². The summed E-state index contributed by atoms with van der Waals surface area (Å²) in [5.74, 6) is 0.576. The molecular formula is C20H23NO2. The van der Waals surface area contributed by atoms with Gasteiger partial charge in [0.15, 0.2) is 0 Å². The highest BCUT2D eigenvalue weighted by molar-refractivity contribution is 5.97. The second kappa shape index (κ2) is 6.86. The Morgan fingerprint density at radius 1 is 1.13 bits per heavy atom. The van der Waals surface area contributed by atoms with Crippen LogP contribution in [0.1, 0.15) is 54.2 Å². The Bertz CT molecular complexity index is 694. The average molecular weight is 309 g/mol.